The number of aliphatic hydroxyl groups is 1. The Bertz CT molecular complexity index is 1250. The number of aliphatic hydroxyl groups excluding tert-OH is 1. The topological polar surface area (TPSA) is 154 Å². The molecule has 0 aliphatic carbocycles. The van der Waals surface area contributed by atoms with Gasteiger partial charge in [-0.3, -0.25) is 14.5 Å². The Morgan fingerprint density at radius 1 is 1.29 bits per heavy atom. The van der Waals surface area contributed by atoms with Crippen molar-refractivity contribution < 1.29 is 28.4 Å². The van der Waals surface area contributed by atoms with Crippen LogP contribution in [0.4, 0.5) is 10.2 Å². The van der Waals surface area contributed by atoms with Gasteiger partial charge >= 0.3 is 7.82 Å². The lowest BCUT2D eigenvalue weighted by Crippen LogP contribution is -2.26. The molecule has 0 radical (unpaired) electrons. The molecule has 10 nitrogen and oxygen atoms in total. The molecule has 2 aromatic heterocycles. The van der Waals surface area contributed by atoms with Crippen LogP contribution >= 0.6 is 30.9 Å². The van der Waals surface area contributed by atoms with Crippen molar-refractivity contribution >= 4 is 47.1 Å². The maximum absolute atomic E-state index is 14.3. The highest BCUT2D eigenvalue weighted by atomic mass is 32.2. The van der Waals surface area contributed by atoms with E-state index in [1.165, 1.54) is 22.4 Å². The summed E-state index contributed by atoms with van der Waals surface area (Å²) >= 11 is 2.21. The van der Waals surface area contributed by atoms with Gasteiger partial charge in [-0.05, 0) is 25.3 Å². The number of anilines is 1. The fraction of sp³-hybridized carbons (Fsp3) is 0.450. The van der Waals surface area contributed by atoms with Gasteiger partial charge in [-0.25, -0.2) is 18.9 Å². The van der Waals surface area contributed by atoms with Crippen LogP contribution in [-0.2, 0) is 15.8 Å². The number of fused-ring (bicyclic) bond motifs is 1. The predicted octanol–water partition coefficient (Wildman–Crippen LogP) is 3.85. The maximum Gasteiger partial charge on any atom is 0.471 e. The number of nitrogens with zero attached hydrogens (tertiary/aromatic N) is 3. The molecule has 0 amide bonds. The van der Waals surface area contributed by atoms with Gasteiger partial charge in [0.15, 0.2) is 21.4 Å². The zero-order valence-electron chi connectivity index (χ0n) is 18.8. The Kier molecular flexibility index (Phi) is 8.85. The number of benzene rings is 1. The standard InChI is InChI=1S/C20H27FN5O5PS2/c1-11(2)8-13(9-27)23-17-16-18(26(19(22)34-16)10-31-32(28,29)30)25-20(24-17)33-12(3)14-6-4-5-7-15(14)21/h4-7,11-13,22,27H,8-10H2,1-3H3,(H,23,24,25)(H2,28,29,30)/t12?,13-/m1/s1. The lowest BCUT2D eigenvalue weighted by atomic mass is 10.0. The fourth-order valence-electron chi connectivity index (χ4n) is 3.31. The number of halogens is 1. The van der Waals surface area contributed by atoms with Gasteiger partial charge in [-0.1, -0.05) is 55.1 Å². The third-order valence-electron chi connectivity index (χ3n) is 4.82. The van der Waals surface area contributed by atoms with E-state index in [-0.39, 0.29) is 39.3 Å². The molecule has 2 atom stereocenters. The highest BCUT2D eigenvalue weighted by Gasteiger charge is 2.22. The Morgan fingerprint density at radius 3 is 2.62 bits per heavy atom. The van der Waals surface area contributed by atoms with Crippen LogP contribution in [0.15, 0.2) is 29.4 Å². The Labute approximate surface area is 204 Å². The summed E-state index contributed by atoms with van der Waals surface area (Å²) in [5.41, 5.74) is 0.716. The van der Waals surface area contributed by atoms with Gasteiger partial charge in [0.2, 0.25) is 0 Å². The van der Waals surface area contributed by atoms with E-state index in [1.54, 1.807) is 18.2 Å². The van der Waals surface area contributed by atoms with Crippen LogP contribution in [0, 0.1) is 17.1 Å². The molecule has 34 heavy (non-hydrogen) atoms. The second kappa shape index (κ2) is 11.3. The van der Waals surface area contributed by atoms with Crippen molar-refractivity contribution in [2.75, 3.05) is 11.9 Å². The molecular formula is C20H27FN5O5PS2. The molecule has 3 aromatic rings. The van der Waals surface area contributed by atoms with Gasteiger partial charge in [0.1, 0.15) is 17.2 Å². The molecule has 0 saturated carbocycles. The first-order chi connectivity index (χ1) is 16.0. The minimum Gasteiger partial charge on any atom is -0.394 e. The third kappa shape index (κ3) is 6.85. The van der Waals surface area contributed by atoms with E-state index in [2.05, 4.69) is 19.8 Å². The third-order valence-corrected chi connectivity index (χ3v) is 7.27. The number of phosphoric acid groups is 1. The molecule has 0 aliphatic rings. The predicted molar refractivity (Wildman–Crippen MR) is 129 cm³/mol. The average Bonchev–Trinajstić information content (AvgIpc) is 3.06. The number of rotatable bonds is 11. The minimum atomic E-state index is -4.78. The molecule has 1 aromatic carbocycles. The molecule has 0 bridgehead atoms. The van der Waals surface area contributed by atoms with Crippen molar-refractivity contribution in [3.8, 4) is 0 Å². The van der Waals surface area contributed by atoms with Gasteiger partial charge in [0.05, 0.1) is 12.6 Å². The van der Waals surface area contributed by atoms with Crippen LogP contribution < -0.4 is 10.1 Å². The van der Waals surface area contributed by atoms with Crippen molar-refractivity contribution in [2.45, 2.75) is 50.4 Å². The molecular weight excluding hydrogens is 504 g/mol. The van der Waals surface area contributed by atoms with Gasteiger partial charge in [0, 0.05) is 10.8 Å². The van der Waals surface area contributed by atoms with Crippen molar-refractivity contribution in [3.63, 3.8) is 0 Å². The summed E-state index contributed by atoms with van der Waals surface area (Å²) in [6, 6.07) is 6.09. The van der Waals surface area contributed by atoms with Gasteiger partial charge in [0.25, 0.3) is 0 Å². The number of hydrogen-bond acceptors (Lipinski definition) is 9. The van der Waals surface area contributed by atoms with E-state index in [9.17, 15) is 14.1 Å². The van der Waals surface area contributed by atoms with Gasteiger partial charge in [-0.2, -0.15) is 0 Å². The SMILES string of the molecule is CC(C)C[C@H](CO)Nc1nc(SC(C)c2ccccc2F)nc2c1sc(=N)n2COP(=O)(O)O. The Morgan fingerprint density at radius 2 is 2.00 bits per heavy atom. The van der Waals surface area contributed by atoms with E-state index in [0.717, 1.165) is 11.3 Å². The lowest BCUT2D eigenvalue weighted by Gasteiger charge is -2.20. The average molecular weight is 532 g/mol. The molecule has 0 spiro atoms. The van der Waals surface area contributed by atoms with Gasteiger partial charge < -0.3 is 20.2 Å². The smallest absolute Gasteiger partial charge is 0.394 e. The number of nitrogens with one attached hydrogen (secondary N) is 2. The molecule has 0 aliphatic heterocycles. The summed E-state index contributed by atoms with van der Waals surface area (Å²) in [6.07, 6.45) is 0.663. The monoisotopic (exact) mass is 531 g/mol. The normalized spacial score (nSPS) is 14.0. The first-order valence-corrected chi connectivity index (χ1v) is 13.7. The Balaban J connectivity index is 2.06. The number of thioether (sulfide) groups is 1. The molecule has 0 saturated heterocycles. The number of thiazole rings is 1. The maximum atomic E-state index is 14.3. The summed E-state index contributed by atoms with van der Waals surface area (Å²) in [7, 11) is -4.78. The quantitative estimate of drug-likeness (QED) is 0.141. The van der Waals surface area contributed by atoms with Crippen molar-refractivity contribution in [3.05, 3.63) is 40.4 Å². The van der Waals surface area contributed by atoms with E-state index in [0.29, 0.717) is 28.4 Å². The van der Waals surface area contributed by atoms with Crippen LogP contribution in [-0.4, -0.2) is 42.1 Å². The van der Waals surface area contributed by atoms with E-state index >= 15 is 0 Å². The fourth-order valence-corrected chi connectivity index (χ4v) is 5.39. The van der Waals surface area contributed by atoms with Crippen LogP contribution in [0.1, 0.15) is 38.0 Å². The highest BCUT2D eigenvalue weighted by molar-refractivity contribution is 7.99. The molecule has 2 heterocycles. The molecule has 5 N–H and O–H groups in total. The summed E-state index contributed by atoms with van der Waals surface area (Å²) in [5, 5.41) is 21.2. The summed E-state index contributed by atoms with van der Waals surface area (Å²) in [5.74, 6) is 0.322. The highest BCUT2D eigenvalue weighted by Crippen LogP contribution is 2.38. The molecule has 0 fully saturated rings. The van der Waals surface area contributed by atoms with Crippen LogP contribution in [0.2, 0.25) is 0 Å². The zero-order chi connectivity index (χ0) is 25.0. The van der Waals surface area contributed by atoms with Crippen LogP contribution in [0.3, 0.4) is 0 Å². The summed E-state index contributed by atoms with van der Waals surface area (Å²) in [6.45, 7) is 5.14. The first kappa shape index (κ1) is 26.7. The molecule has 1 unspecified atom stereocenters. The molecule has 186 valence electrons. The second-order valence-corrected chi connectivity index (χ2v) is 11.6. The molecule has 14 heteroatoms. The number of phosphoric ester groups is 1. The first-order valence-electron chi connectivity index (χ1n) is 10.4. The Hall–Kier alpha value is -1.86. The van der Waals surface area contributed by atoms with Gasteiger partial charge in [-0.15, -0.1) is 0 Å². The number of hydrogen-bond donors (Lipinski definition) is 5. The van der Waals surface area contributed by atoms with E-state index in [4.69, 9.17) is 15.2 Å². The van der Waals surface area contributed by atoms with Crippen molar-refractivity contribution in [1.29, 1.82) is 5.41 Å². The zero-order valence-corrected chi connectivity index (χ0v) is 21.3. The van der Waals surface area contributed by atoms with E-state index in [1.807, 2.05) is 20.8 Å². The van der Waals surface area contributed by atoms with Crippen molar-refractivity contribution in [1.82, 2.24) is 14.5 Å². The summed E-state index contributed by atoms with van der Waals surface area (Å²) < 4.78 is 31.8. The van der Waals surface area contributed by atoms with E-state index < -0.39 is 14.6 Å². The minimum absolute atomic E-state index is 0.0467. The van der Waals surface area contributed by atoms with Crippen molar-refractivity contribution in [2.24, 2.45) is 5.92 Å². The number of aromatic nitrogens is 3. The molecule has 3 rings (SSSR count). The lowest BCUT2D eigenvalue weighted by molar-refractivity contribution is 0.154. The second-order valence-electron chi connectivity index (χ2n) is 8.03. The van der Waals surface area contributed by atoms with Crippen LogP contribution in [0.25, 0.3) is 10.3 Å². The summed E-state index contributed by atoms with van der Waals surface area (Å²) in [4.78, 5) is 27.2. The van der Waals surface area contributed by atoms with Crippen LogP contribution in [0.5, 0.6) is 0 Å². The largest absolute Gasteiger partial charge is 0.471 e.